The number of benzene rings is 1. The number of imidazole rings is 1. The molecule has 8 heteroatoms. The molecule has 1 saturated heterocycles. The van der Waals surface area contributed by atoms with Crippen LogP contribution < -0.4 is 4.90 Å². The molecule has 0 aliphatic carbocycles. The first kappa shape index (κ1) is 19.2. The molecule has 1 fully saturated rings. The Bertz CT molecular complexity index is 913. The van der Waals surface area contributed by atoms with Crippen molar-refractivity contribution < 1.29 is 18.3 Å². The molecule has 27 heavy (non-hydrogen) atoms. The Hall–Kier alpha value is -2.61. The lowest BCUT2D eigenvalue weighted by Crippen LogP contribution is -2.36. The van der Waals surface area contributed by atoms with Crippen LogP contribution in [0.5, 0.6) is 0 Å². The van der Waals surface area contributed by atoms with Crippen molar-refractivity contribution in [2.75, 3.05) is 18.0 Å². The molecule has 0 spiro atoms. The number of hydrogen-bond acceptors (Lipinski definition) is 4. The Morgan fingerprint density at radius 2 is 1.85 bits per heavy atom. The average molecular weight is 378 g/mol. The second kappa shape index (κ2) is 7.19. The molecule has 4 rings (SSSR count). The zero-order valence-corrected chi connectivity index (χ0v) is 13.8. The van der Waals surface area contributed by atoms with Gasteiger partial charge in [0.1, 0.15) is 11.6 Å². The third kappa shape index (κ3) is 3.90. The van der Waals surface area contributed by atoms with Gasteiger partial charge in [-0.1, -0.05) is 7.43 Å². The van der Waals surface area contributed by atoms with Crippen molar-refractivity contribution in [3.8, 4) is 11.4 Å². The Morgan fingerprint density at radius 3 is 2.48 bits per heavy atom. The number of aromatic amines is 1. The normalized spacial score (nSPS) is 15.8. The molecule has 0 unspecified atom stereocenters. The topological polar surface area (TPSA) is 65.0 Å². The number of aliphatic hydroxyl groups is 1. The van der Waals surface area contributed by atoms with E-state index in [1.165, 1.54) is 6.07 Å². The molecule has 1 aliphatic rings. The Balaban J connectivity index is 0.00000210. The van der Waals surface area contributed by atoms with E-state index in [0.717, 1.165) is 31.0 Å². The molecule has 1 aromatic carbocycles. The van der Waals surface area contributed by atoms with Gasteiger partial charge in [-0.3, -0.25) is 0 Å². The van der Waals surface area contributed by atoms with Gasteiger partial charge in [0.2, 0.25) is 0 Å². The lowest BCUT2D eigenvalue weighted by atomic mass is 10.1. The van der Waals surface area contributed by atoms with Crippen LogP contribution in [-0.4, -0.2) is 39.3 Å². The van der Waals surface area contributed by atoms with Crippen LogP contribution in [-0.2, 0) is 6.18 Å². The molecular weight excluding hydrogens is 357 g/mol. The van der Waals surface area contributed by atoms with E-state index in [2.05, 4.69) is 19.9 Å². The number of nitrogens with zero attached hydrogens (tertiary/aromatic N) is 3. The van der Waals surface area contributed by atoms with Crippen LogP contribution in [0.3, 0.4) is 0 Å². The quantitative estimate of drug-likeness (QED) is 0.700. The number of halogens is 3. The lowest BCUT2D eigenvalue weighted by molar-refractivity contribution is -0.137. The minimum atomic E-state index is -4.38. The number of aromatic nitrogens is 3. The molecule has 0 radical (unpaired) electrons. The maximum Gasteiger partial charge on any atom is 0.416 e. The van der Waals surface area contributed by atoms with Crippen LogP contribution in [0.2, 0.25) is 0 Å². The summed E-state index contributed by atoms with van der Waals surface area (Å²) in [5.41, 5.74) is 0.808. The van der Waals surface area contributed by atoms with Crippen LogP contribution in [0.25, 0.3) is 22.4 Å². The van der Waals surface area contributed by atoms with E-state index in [9.17, 15) is 18.3 Å². The van der Waals surface area contributed by atoms with E-state index in [4.69, 9.17) is 0 Å². The standard InChI is InChI=1S/C18H17F3N4O.CH4/c19-18(20,21)12-2-3-14-15(9-12)24-17(23-14)11-1-4-16(22-10-11)25-7-5-13(26)6-8-25;/h1-4,9-10,13,26H,5-8H2,(H,23,24);1H4. The average Bonchev–Trinajstić information content (AvgIpc) is 3.05. The van der Waals surface area contributed by atoms with Gasteiger partial charge >= 0.3 is 6.18 Å². The minimum Gasteiger partial charge on any atom is -0.393 e. The first-order valence-electron chi connectivity index (χ1n) is 8.36. The number of alkyl halides is 3. The molecule has 0 bridgehead atoms. The van der Waals surface area contributed by atoms with Crippen molar-refractivity contribution >= 4 is 16.9 Å². The summed E-state index contributed by atoms with van der Waals surface area (Å²) < 4.78 is 38.5. The number of rotatable bonds is 2. The summed E-state index contributed by atoms with van der Waals surface area (Å²) in [6.45, 7) is 1.50. The van der Waals surface area contributed by atoms with Gasteiger partial charge in [0.05, 0.1) is 22.7 Å². The molecule has 2 aromatic heterocycles. The summed E-state index contributed by atoms with van der Waals surface area (Å²) in [6, 6.07) is 7.15. The van der Waals surface area contributed by atoms with Crippen molar-refractivity contribution in [2.45, 2.75) is 32.5 Å². The molecule has 1 aliphatic heterocycles. The van der Waals surface area contributed by atoms with E-state index in [1.54, 1.807) is 6.20 Å². The minimum absolute atomic E-state index is 0. The van der Waals surface area contributed by atoms with Crippen LogP contribution >= 0.6 is 0 Å². The number of fused-ring (bicyclic) bond motifs is 1. The highest BCUT2D eigenvalue weighted by Gasteiger charge is 2.30. The maximum absolute atomic E-state index is 12.8. The fraction of sp³-hybridized carbons (Fsp3) is 0.368. The van der Waals surface area contributed by atoms with Gasteiger partial charge < -0.3 is 15.0 Å². The predicted octanol–water partition coefficient (Wildman–Crippen LogP) is 4.24. The summed E-state index contributed by atoms with van der Waals surface area (Å²) in [5.74, 6) is 1.29. The number of piperidine rings is 1. The van der Waals surface area contributed by atoms with E-state index in [0.29, 0.717) is 35.3 Å². The first-order valence-corrected chi connectivity index (χ1v) is 8.36. The fourth-order valence-electron chi connectivity index (χ4n) is 3.13. The Morgan fingerprint density at radius 1 is 1.11 bits per heavy atom. The maximum atomic E-state index is 12.8. The number of pyridine rings is 1. The van der Waals surface area contributed by atoms with Gasteiger partial charge in [-0.15, -0.1) is 0 Å². The van der Waals surface area contributed by atoms with E-state index in [1.807, 2.05) is 12.1 Å². The molecule has 0 amide bonds. The van der Waals surface area contributed by atoms with Gasteiger partial charge in [0, 0.05) is 24.8 Å². The molecule has 5 nitrogen and oxygen atoms in total. The summed E-state index contributed by atoms with van der Waals surface area (Å²) in [5, 5.41) is 9.58. The number of hydrogen-bond donors (Lipinski definition) is 2. The second-order valence-corrected chi connectivity index (χ2v) is 6.44. The second-order valence-electron chi connectivity index (χ2n) is 6.44. The van der Waals surface area contributed by atoms with Gasteiger partial charge in [0.15, 0.2) is 0 Å². The highest BCUT2D eigenvalue weighted by molar-refractivity contribution is 5.80. The van der Waals surface area contributed by atoms with Crippen molar-refractivity contribution in [1.29, 1.82) is 0 Å². The molecule has 3 aromatic rings. The van der Waals surface area contributed by atoms with Crippen molar-refractivity contribution in [2.24, 2.45) is 0 Å². The Kier molecular flexibility index (Phi) is 5.10. The van der Waals surface area contributed by atoms with Crippen molar-refractivity contribution in [3.05, 3.63) is 42.1 Å². The van der Waals surface area contributed by atoms with E-state index in [-0.39, 0.29) is 13.5 Å². The van der Waals surface area contributed by atoms with Crippen LogP contribution in [0, 0.1) is 0 Å². The monoisotopic (exact) mass is 378 g/mol. The van der Waals surface area contributed by atoms with Gasteiger partial charge in [-0.2, -0.15) is 13.2 Å². The summed E-state index contributed by atoms with van der Waals surface area (Å²) >= 11 is 0. The largest absolute Gasteiger partial charge is 0.416 e. The van der Waals surface area contributed by atoms with E-state index < -0.39 is 11.7 Å². The van der Waals surface area contributed by atoms with Gasteiger partial charge in [0.25, 0.3) is 0 Å². The highest BCUT2D eigenvalue weighted by Crippen LogP contribution is 2.31. The first-order chi connectivity index (χ1) is 12.4. The van der Waals surface area contributed by atoms with Crippen molar-refractivity contribution in [1.82, 2.24) is 15.0 Å². The molecule has 144 valence electrons. The van der Waals surface area contributed by atoms with Crippen molar-refractivity contribution in [3.63, 3.8) is 0 Å². The van der Waals surface area contributed by atoms with Crippen LogP contribution in [0.4, 0.5) is 19.0 Å². The van der Waals surface area contributed by atoms with E-state index >= 15 is 0 Å². The summed E-state index contributed by atoms with van der Waals surface area (Å²) in [6.07, 6.45) is -1.54. The zero-order chi connectivity index (χ0) is 18.3. The highest BCUT2D eigenvalue weighted by atomic mass is 19.4. The molecule has 0 atom stereocenters. The molecule has 2 N–H and O–H groups in total. The number of H-pyrrole nitrogens is 1. The fourth-order valence-corrected chi connectivity index (χ4v) is 3.13. The van der Waals surface area contributed by atoms with Crippen LogP contribution in [0.15, 0.2) is 36.5 Å². The van der Waals surface area contributed by atoms with Gasteiger partial charge in [-0.25, -0.2) is 9.97 Å². The molecule has 3 heterocycles. The third-order valence-corrected chi connectivity index (χ3v) is 4.62. The smallest absolute Gasteiger partial charge is 0.393 e. The summed E-state index contributed by atoms with van der Waals surface area (Å²) in [4.78, 5) is 13.8. The number of aliphatic hydroxyl groups excluding tert-OH is 1. The van der Waals surface area contributed by atoms with Crippen LogP contribution in [0.1, 0.15) is 25.8 Å². The molecule has 0 saturated carbocycles. The lowest BCUT2D eigenvalue weighted by Gasteiger charge is -2.30. The zero-order valence-electron chi connectivity index (χ0n) is 13.8. The Labute approximate surface area is 154 Å². The van der Waals surface area contributed by atoms with Gasteiger partial charge in [-0.05, 0) is 43.2 Å². The SMILES string of the molecule is C.OC1CCN(c2ccc(-c3nc4ccc(C(F)(F)F)cc4[nH]3)cn2)CC1. The summed E-state index contributed by atoms with van der Waals surface area (Å²) in [7, 11) is 0. The predicted molar refractivity (Wildman–Crippen MR) is 98.5 cm³/mol. The number of nitrogens with one attached hydrogen (secondary N) is 1. The molecular formula is C19H21F3N4O. The third-order valence-electron chi connectivity index (χ3n) is 4.62. The number of anilines is 1.